The molecule has 0 atom stereocenters. The maximum atomic E-state index is 12.7. The summed E-state index contributed by atoms with van der Waals surface area (Å²) in [6.45, 7) is 3.65. The number of carbonyl (C=O) groups is 1. The summed E-state index contributed by atoms with van der Waals surface area (Å²) < 4.78 is 11.3. The molecule has 0 amide bonds. The number of fused-ring (bicyclic) bond motifs is 1. The topological polar surface area (TPSA) is 60.2 Å². The van der Waals surface area contributed by atoms with E-state index in [0.29, 0.717) is 52.2 Å². The van der Waals surface area contributed by atoms with Crippen LogP contribution < -0.4 is 9.64 Å². The van der Waals surface area contributed by atoms with Crippen LogP contribution in [-0.2, 0) is 11.3 Å². The van der Waals surface area contributed by atoms with E-state index in [0.717, 1.165) is 13.1 Å². The first-order valence-corrected chi connectivity index (χ1v) is 9.44. The highest BCUT2D eigenvalue weighted by Gasteiger charge is 2.32. The Hall–Kier alpha value is -2.05. The van der Waals surface area contributed by atoms with Gasteiger partial charge in [0.05, 0.1) is 34.4 Å². The highest BCUT2D eigenvalue weighted by Crippen LogP contribution is 2.39. The van der Waals surface area contributed by atoms with Gasteiger partial charge in [-0.2, -0.15) is 0 Å². The highest BCUT2D eigenvalue weighted by molar-refractivity contribution is 6.42. The maximum Gasteiger partial charge on any atom is 0.231 e. The molecule has 140 valence electrons. The molecular formula is C20H18Cl2NO4+. The highest BCUT2D eigenvalue weighted by atomic mass is 35.5. The Kier molecular flexibility index (Phi) is 5.10. The molecule has 1 saturated heterocycles. The number of halogens is 2. The van der Waals surface area contributed by atoms with Crippen molar-refractivity contribution in [2.45, 2.75) is 6.54 Å². The van der Waals surface area contributed by atoms with Crippen LogP contribution in [0.15, 0.2) is 36.1 Å². The number of allylic oxidation sites excluding steroid dienone is 1. The van der Waals surface area contributed by atoms with Crippen molar-refractivity contribution in [1.29, 1.82) is 0 Å². The first kappa shape index (κ1) is 18.3. The minimum Gasteiger partial charge on any atom is -0.507 e. The minimum atomic E-state index is -0.214. The van der Waals surface area contributed by atoms with Crippen LogP contribution in [0.4, 0.5) is 0 Å². The molecule has 2 aromatic carbocycles. The summed E-state index contributed by atoms with van der Waals surface area (Å²) in [6.07, 6.45) is 1.63. The Morgan fingerprint density at radius 3 is 2.63 bits per heavy atom. The number of ketones is 1. The Morgan fingerprint density at radius 2 is 1.89 bits per heavy atom. The summed E-state index contributed by atoms with van der Waals surface area (Å²) in [7, 11) is 0. The molecule has 0 bridgehead atoms. The zero-order valence-electron chi connectivity index (χ0n) is 14.4. The van der Waals surface area contributed by atoms with Crippen molar-refractivity contribution in [3.63, 3.8) is 0 Å². The van der Waals surface area contributed by atoms with Gasteiger partial charge in [0.2, 0.25) is 5.78 Å². The molecule has 0 radical (unpaired) electrons. The summed E-state index contributed by atoms with van der Waals surface area (Å²) in [5.74, 6) is 0.558. The first-order valence-electron chi connectivity index (χ1n) is 8.68. The predicted octanol–water partition coefficient (Wildman–Crippen LogP) is 2.73. The van der Waals surface area contributed by atoms with E-state index in [1.165, 1.54) is 4.90 Å². The number of hydrogen-bond acceptors (Lipinski definition) is 4. The SMILES string of the molecule is O=C1/C(=C\c2ccc(Cl)c(Cl)c2)Oc2c1ccc(O)c2C[NH+]1CCOCC1. The predicted molar refractivity (Wildman–Crippen MR) is 103 cm³/mol. The quantitative estimate of drug-likeness (QED) is 0.769. The van der Waals surface area contributed by atoms with Crippen LogP contribution in [0, 0.1) is 0 Å². The number of hydrogen-bond donors (Lipinski definition) is 2. The standard InChI is InChI=1S/C20H17Cl2NO4/c21-15-3-1-12(9-16(15)22)10-18-19(25)13-2-4-17(24)14(20(13)27-18)11-23-5-7-26-8-6-23/h1-4,9-10,24H,5-8,11H2/p+1/b18-10+. The van der Waals surface area contributed by atoms with Gasteiger partial charge in [0.1, 0.15) is 25.4 Å². The van der Waals surface area contributed by atoms with Crippen molar-refractivity contribution in [3.05, 3.63) is 62.8 Å². The molecule has 0 aliphatic carbocycles. The van der Waals surface area contributed by atoms with Crippen LogP contribution >= 0.6 is 23.2 Å². The summed E-state index contributed by atoms with van der Waals surface area (Å²) in [5.41, 5.74) is 1.82. The van der Waals surface area contributed by atoms with E-state index < -0.39 is 0 Å². The van der Waals surface area contributed by atoms with Gasteiger partial charge in [-0.05, 0) is 35.9 Å². The van der Waals surface area contributed by atoms with Gasteiger partial charge < -0.3 is 19.5 Å². The molecular weight excluding hydrogens is 389 g/mol. The van der Waals surface area contributed by atoms with Gasteiger partial charge in [0.25, 0.3) is 0 Å². The van der Waals surface area contributed by atoms with Gasteiger partial charge in [-0.1, -0.05) is 29.3 Å². The lowest BCUT2D eigenvalue weighted by atomic mass is 10.0. The molecule has 5 nitrogen and oxygen atoms in total. The smallest absolute Gasteiger partial charge is 0.231 e. The number of rotatable bonds is 3. The Morgan fingerprint density at radius 1 is 1.11 bits per heavy atom. The molecule has 2 aliphatic rings. The normalized spacial score (nSPS) is 18.6. The molecule has 2 aliphatic heterocycles. The van der Waals surface area contributed by atoms with E-state index in [-0.39, 0.29) is 17.3 Å². The Bertz CT molecular complexity index is 936. The molecule has 4 rings (SSSR count). The van der Waals surface area contributed by atoms with Gasteiger partial charge in [-0.3, -0.25) is 4.79 Å². The number of morpholine rings is 1. The van der Waals surface area contributed by atoms with Crippen LogP contribution in [0.1, 0.15) is 21.5 Å². The third kappa shape index (κ3) is 3.69. The van der Waals surface area contributed by atoms with Gasteiger partial charge in [-0.25, -0.2) is 0 Å². The van der Waals surface area contributed by atoms with Gasteiger partial charge in [-0.15, -0.1) is 0 Å². The minimum absolute atomic E-state index is 0.135. The van der Waals surface area contributed by atoms with Gasteiger partial charge >= 0.3 is 0 Å². The molecule has 2 aromatic rings. The van der Waals surface area contributed by atoms with Crippen LogP contribution in [0.2, 0.25) is 10.0 Å². The zero-order valence-corrected chi connectivity index (χ0v) is 15.9. The number of benzene rings is 2. The van der Waals surface area contributed by atoms with Crippen molar-refractivity contribution in [2.75, 3.05) is 26.3 Å². The first-order chi connectivity index (χ1) is 13.0. The van der Waals surface area contributed by atoms with E-state index in [1.54, 1.807) is 36.4 Å². The maximum absolute atomic E-state index is 12.7. The fraction of sp³-hybridized carbons (Fsp3) is 0.250. The summed E-state index contributed by atoms with van der Waals surface area (Å²) >= 11 is 12.0. The van der Waals surface area contributed by atoms with E-state index in [2.05, 4.69) is 0 Å². The van der Waals surface area contributed by atoms with Crippen molar-refractivity contribution < 1.29 is 24.3 Å². The van der Waals surface area contributed by atoms with Crippen molar-refractivity contribution in [2.24, 2.45) is 0 Å². The molecule has 7 heteroatoms. The zero-order chi connectivity index (χ0) is 19.0. The monoisotopic (exact) mass is 406 g/mol. The summed E-state index contributed by atoms with van der Waals surface area (Å²) in [5, 5.41) is 11.2. The number of quaternary nitrogens is 1. The second-order valence-electron chi connectivity index (χ2n) is 6.59. The second-order valence-corrected chi connectivity index (χ2v) is 7.41. The molecule has 27 heavy (non-hydrogen) atoms. The third-order valence-electron chi connectivity index (χ3n) is 4.78. The molecule has 0 saturated carbocycles. The summed E-state index contributed by atoms with van der Waals surface area (Å²) in [6, 6.07) is 8.25. The fourth-order valence-corrected chi connectivity index (χ4v) is 3.61. The molecule has 0 unspecified atom stereocenters. The molecule has 2 N–H and O–H groups in total. The van der Waals surface area contributed by atoms with Crippen molar-refractivity contribution in [1.82, 2.24) is 0 Å². The van der Waals surface area contributed by atoms with Crippen LogP contribution in [0.3, 0.4) is 0 Å². The van der Waals surface area contributed by atoms with Crippen molar-refractivity contribution >= 4 is 35.1 Å². The number of ether oxygens (including phenoxy) is 2. The number of aromatic hydroxyl groups is 1. The molecule has 0 aromatic heterocycles. The lowest BCUT2D eigenvalue weighted by Crippen LogP contribution is -3.12. The van der Waals surface area contributed by atoms with Crippen LogP contribution in [0.5, 0.6) is 11.5 Å². The van der Waals surface area contributed by atoms with Gasteiger partial charge in [0, 0.05) is 0 Å². The average Bonchev–Trinajstić information content (AvgIpc) is 2.97. The summed E-state index contributed by atoms with van der Waals surface area (Å²) in [4.78, 5) is 14.0. The number of Topliss-reactive ketones (excluding diaryl/α,β-unsaturated/α-hetero) is 1. The Labute approximate surface area is 166 Å². The number of carbonyl (C=O) groups excluding carboxylic acids is 1. The fourth-order valence-electron chi connectivity index (χ4n) is 3.31. The lowest BCUT2D eigenvalue weighted by Gasteiger charge is -2.24. The third-order valence-corrected chi connectivity index (χ3v) is 5.52. The molecule has 0 spiro atoms. The molecule has 1 fully saturated rings. The van der Waals surface area contributed by atoms with Crippen molar-refractivity contribution in [3.8, 4) is 11.5 Å². The van der Waals surface area contributed by atoms with Crippen LogP contribution in [-0.4, -0.2) is 37.2 Å². The lowest BCUT2D eigenvalue weighted by molar-refractivity contribution is -0.921. The second kappa shape index (κ2) is 7.52. The number of nitrogens with one attached hydrogen (secondary N) is 1. The number of phenolic OH excluding ortho intramolecular Hbond substituents is 1. The average molecular weight is 407 g/mol. The van der Waals surface area contributed by atoms with E-state index in [4.69, 9.17) is 32.7 Å². The Balaban J connectivity index is 1.65. The molecule has 2 heterocycles. The van der Waals surface area contributed by atoms with Gasteiger partial charge in [0.15, 0.2) is 11.5 Å². The van der Waals surface area contributed by atoms with E-state index in [9.17, 15) is 9.90 Å². The number of phenols is 1. The van der Waals surface area contributed by atoms with E-state index in [1.807, 2.05) is 0 Å². The van der Waals surface area contributed by atoms with E-state index >= 15 is 0 Å². The largest absolute Gasteiger partial charge is 0.507 e. The van der Waals surface area contributed by atoms with Crippen LogP contribution in [0.25, 0.3) is 6.08 Å².